The van der Waals surface area contributed by atoms with Crippen LogP contribution in [0.15, 0.2) is 51.4 Å². The quantitative estimate of drug-likeness (QED) is 0.645. The Morgan fingerprint density at radius 3 is 2.33 bits per heavy atom. The van der Waals surface area contributed by atoms with E-state index in [1.807, 2.05) is 24.3 Å². The van der Waals surface area contributed by atoms with E-state index in [0.29, 0.717) is 0 Å². The first kappa shape index (κ1) is 16.7. The Labute approximate surface area is 142 Å². The van der Waals surface area contributed by atoms with Gasteiger partial charge >= 0.3 is 0 Å². The third-order valence-electron chi connectivity index (χ3n) is 3.33. The Hall–Kier alpha value is -0.710. The van der Waals surface area contributed by atoms with Crippen LogP contribution in [0.4, 0.5) is 4.39 Å². The molecule has 2 aromatic carbocycles. The molecule has 0 aliphatic carbocycles. The molecule has 1 atom stereocenters. The lowest BCUT2D eigenvalue weighted by Gasteiger charge is -2.20. The van der Waals surface area contributed by atoms with Crippen molar-refractivity contribution in [1.82, 2.24) is 5.32 Å². The van der Waals surface area contributed by atoms with Gasteiger partial charge in [-0.25, -0.2) is 4.39 Å². The molecule has 112 valence electrons. The van der Waals surface area contributed by atoms with Crippen LogP contribution in [-0.4, -0.2) is 6.54 Å². The van der Waals surface area contributed by atoms with Crippen LogP contribution in [0.5, 0.6) is 0 Å². The molecule has 0 aromatic heterocycles. The maximum absolute atomic E-state index is 14.2. The second kappa shape index (κ2) is 8.06. The number of halogens is 3. The topological polar surface area (TPSA) is 12.0 Å². The molecule has 0 aliphatic rings. The van der Waals surface area contributed by atoms with Crippen molar-refractivity contribution in [3.05, 3.63) is 68.4 Å². The second-order valence-corrected chi connectivity index (χ2v) is 6.83. The normalized spacial score (nSPS) is 12.4. The zero-order valence-corrected chi connectivity index (χ0v) is 15.0. The summed E-state index contributed by atoms with van der Waals surface area (Å²) in [6, 6.07) is 13.4. The minimum Gasteiger partial charge on any atom is -0.310 e. The summed E-state index contributed by atoms with van der Waals surface area (Å²) >= 11 is 6.74. The molecule has 0 radical (unpaired) electrons. The Kier molecular flexibility index (Phi) is 6.40. The molecule has 0 fully saturated rings. The molecule has 0 amide bonds. The highest BCUT2D eigenvalue weighted by atomic mass is 79.9. The van der Waals surface area contributed by atoms with E-state index in [-0.39, 0.29) is 11.9 Å². The van der Waals surface area contributed by atoms with Gasteiger partial charge < -0.3 is 5.32 Å². The summed E-state index contributed by atoms with van der Waals surface area (Å²) in [5.74, 6) is -0.171. The monoisotopic (exact) mass is 413 g/mol. The van der Waals surface area contributed by atoms with Gasteiger partial charge in [0.15, 0.2) is 0 Å². The van der Waals surface area contributed by atoms with Crippen molar-refractivity contribution in [2.45, 2.75) is 25.8 Å². The molecule has 2 rings (SSSR count). The number of hydrogen-bond acceptors (Lipinski definition) is 1. The van der Waals surface area contributed by atoms with Gasteiger partial charge in [-0.15, -0.1) is 0 Å². The van der Waals surface area contributed by atoms with E-state index in [4.69, 9.17) is 0 Å². The molecule has 2 aromatic rings. The molecular formula is C17H18Br2FN. The van der Waals surface area contributed by atoms with E-state index < -0.39 is 0 Å². The fourth-order valence-electron chi connectivity index (χ4n) is 2.25. The van der Waals surface area contributed by atoms with Gasteiger partial charge in [-0.1, -0.05) is 57.0 Å². The average molecular weight is 415 g/mol. The summed E-state index contributed by atoms with van der Waals surface area (Å²) in [5.41, 5.74) is 1.91. The molecule has 1 unspecified atom stereocenters. The Morgan fingerprint density at radius 1 is 1.05 bits per heavy atom. The van der Waals surface area contributed by atoms with Crippen molar-refractivity contribution < 1.29 is 4.39 Å². The van der Waals surface area contributed by atoms with Crippen molar-refractivity contribution in [3.63, 3.8) is 0 Å². The Bertz CT molecular complexity index is 584. The summed E-state index contributed by atoms with van der Waals surface area (Å²) in [6.45, 7) is 2.98. The third kappa shape index (κ3) is 4.90. The fourth-order valence-corrected chi connectivity index (χ4v) is 2.85. The first-order chi connectivity index (χ1) is 10.1. The largest absolute Gasteiger partial charge is 0.310 e. The minimum absolute atomic E-state index is 0.0146. The highest BCUT2D eigenvalue weighted by Crippen LogP contribution is 2.25. The summed E-state index contributed by atoms with van der Waals surface area (Å²) < 4.78 is 16.0. The van der Waals surface area contributed by atoms with Crippen molar-refractivity contribution in [2.24, 2.45) is 0 Å². The van der Waals surface area contributed by atoms with Crippen molar-refractivity contribution in [2.75, 3.05) is 6.54 Å². The SMILES string of the molecule is CCCNC(Cc1ccc(Br)cc1)c1ccc(Br)cc1F. The minimum atomic E-state index is -0.171. The molecule has 0 spiro atoms. The second-order valence-electron chi connectivity index (χ2n) is 5.00. The van der Waals surface area contributed by atoms with Crippen LogP contribution in [0.2, 0.25) is 0 Å². The van der Waals surface area contributed by atoms with E-state index in [1.165, 1.54) is 11.6 Å². The van der Waals surface area contributed by atoms with Gasteiger partial charge in [0.1, 0.15) is 5.82 Å². The predicted molar refractivity (Wildman–Crippen MR) is 93.0 cm³/mol. The lowest BCUT2D eigenvalue weighted by molar-refractivity contribution is 0.497. The molecule has 0 aliphatic heterocycles. The van der Waals surface area contributed by atoms with Crippen molar-refractivity contribution in [1.29, 1.82) is 0 Å². The zero-order chi connectivity index (χ0) is 15.2. The van der Waals surface area contributed by atoms with E-state index in [9.17, 15) is 4.39 Å². The van der Waals surface area contributed by atoms with Gasteiger partial charge in [0.2, 0.25) is 0 Å². The Morgan fingerprint density at radius 2 is 1.71 bits per heavy atom. The molecule has 4 heteroatoms. The van der Waals surface area contributed by atoms with E-state index >= 15 is 0 Å². The summed E-state index contributed by atoms with van der Waals surface area (Å²) in [4.78, 5) is 0. The molecule has 1 nitrogen and oxygen atoms in total. The first-order valence-corrected chi connectivity index (χ1v) is 8.61. The van der Waals surface area contributed by atoms with E-state index in [0.717, 1.165) is 33.9 Å². The molecule has 21 heavy (non-hydrogen) atoms. The molecule has 0 bridgehead atoms. The molecular weight excluding hydrogens is 397 g/mol. The fraction of sp³-hybridized carbons (Fsp3) is 0.294. The van der Waals surface area contributed by atoms with Crippen LogP contribution in [0.1, 0.15) is 30.5 Å². The number of hydrogen-bond donors (Lipinski definition) is 1. The number of rotatable bonds is 6. The smallest absolute Gasteiger partial charge is 0.129 e. The Balaban J connectivity index is 2.22. The summed E-state index contributed by atoms with van der Waals surface area (Å²) in [5, 5.41) is 3.44. The molecule has 1 N–H and O–H groups in total. The standard InChI is InChI=1S/C17H18Br2FN/c1-2-9-21-17(10-12-3-5-13(18)6-4-12)15-8-7-14(19)11-16(15)20/h3-8,11,17,21H,2,9-10H2,1H3. The van der Waals surface area contributed by atoms with Crippen LogP contribution in [0.25, 0.3) is 0 Å². The summed E-state index contributed by atoms with van der Waals surface area (Å²) in [6.07, 6.45) is 1.79. The maximum atomic E-state index is 14.2. The van der Waals surface area contributed by atoms with Gasteiger partial charge in [-0.3, -0.25) is 0 Å². The van der Waals surface area contributed by atoms with Crippen LogP contribution >= 0.6 is 31.9 Å². The van der Waals surface area contributed by atoms with Crippen LogP contribution < -0.4 is 5.32 Å². The van der Waals surface area contributed by atoms with E-state index in [1.54, 1.807) is 0 Å². The van der Waals surface area contributed by atoms with Gasteiger partial charge in [0, 0.05) is 20.6 Å². The average Bonchev–Trinajstić information content (AvgIpc) is 2.46. The molecule has 0 saturated heterocycles. The van der Waals surface area contributed by atoms with Crippen molar-refractivity contribution >= 4 is 31.9 Å². The molecule has 0 saturated carbocycles. The van der Waals surface area contributed by atoms with Gasteiger partial charge in [-0.05, 0) is 49.2 Å². The van der Waals surface area contributed by atoms with E-state index in [2.05, 4.69) is 56.2 Å². The van der Waals surface area contributed by atoms with Crippen LogP contribution in [0.3, 0.4) is 0 Å². The zero-order valence-electron chi connectivity index (χ0n) is 11.9. The lowest BCUT2D eigenvalue weighted by atomic mass is 9.98. The lowest BCUT2D eigenvalue weighted by Crippen LogP contribution is -2.25. The van der Waals surface area contributed by atoms with Gasteiger partial charge in [0.05, 0.1) is 0 Å². The molecule has 0 heterocycles. The van der Waals surface area contributed by atoms with Gasteiger partial charge in [-0.2, -0.15) is 0 Å². The number of nitrogens with one attached hydrogen (secondary N) is 1. The highest BCUT2D eigenvalue weighted by Gasteiger charge is 2.16. The maximum Gasteiger partial charge on any atom is 0.129 e. The number of benzene rings is 2. The predicted octanol–water partition coefficient (Wildman–Crippen LogP) is 5.63. The van der Waals surface area contributed by atoms with Crippen molar-refractivity contribution in [3.8, 4) is 0 Å². The van der Waals surface area contributed by atoms with Gasteiger partial charge in [0.25, 0.3) is 0 Å². The summed E-state index contributed by atoms with van der Waals surface area (Å²) in [7, 11) is 0. The third-order valence-corrected chi connectivity index (χ3v) is 4.35. The first-order valence-electron chi connectivity index (χ1n) is 7.03. The highest BCUT2D eigenvalue weighted by molar-refractivity contribution is 9.10. The van der Waals surface area contributed by atoms with Crippen LogP contribution in [-0.2, 0) is 6.42 Å². The van der Waals surface area contributed by atoms with Crippen LogP contribution in [0, 0.1) is 5.82 Å².